The highest BCUT2D eigenvalue weighted by Crippen LogP contribution is 2.22. The molecule has 0 aromatic heterocycles. The number of hydrogen-bond acceptors (Lipinski definition) is 3. The van der Waals surface area contributed by atoms with Crippen LogP contribution in [-0.4, -0.2) is 39.5 Å². The Hall–Kier alpha value is -0.970. The zero-order chi connectivity index (χ0) is 20.0. The van der Waals surface area contributed by atoms with Crippen molar-refractivity contribution in [3.8, 4) is 0 Å². The molecule has 2 N–H and O–H groups in total. The average molecular weight is 517 g/mol. The molecule has 27 heavy (non-hydrogen) atoms. The van der Waals surface area contributed by atoms with Crippen LogP contribution in [0.4, 0.5) is 8.78 Å². The second kappa shape index (κ2) is 11.1. The van der Waals surface area contributed by atoms with Crippen molar-refractivity contribution in [2.24, 2.45) is 10.4 Å². The number of rotatable bonds is 8. The summed E-state index contributed by atoms with van der Waals surface area (Å²) in [6, 6.07) is 3.07. The summed E-state index contributed by atoms with van der Waals surface area (Å²) in [6.07, 6.45) is 1.72. The Balaban J connectivity index is 0.00000676. The average Bonchev–Trinajstić information content (AvgIpc) is 2.50. The highest BCUT2D eigenvalue weighted by molar-refractivity contribution is 14.0. The molecular weight excluding hydrogens is 487 g/mol. The fraction of sp³-hybridized carbons (Fsp3) is 0.611. The Labute approximate surface area is 178 Å². The van der Waals surface area contributed by atoms with Crippen LogP contribution in [0.1, 0.15) is 45.7 Å². The van der Waals surface area contributed by atoms with E-state index in [0.717, 1.165) is 6.07 Å². The summed E-state index contributed by atoms with van der Waals surface area (Å²) in [5.74, 6) is -0.631. The van der Waals surface area contributed by atoms with E-state index in [1.54, 1.807) is 6.92 Å². The van der Waals surface area contributed by atoms with Gasteiger partial charge in [-0.3, -0.25) is 4.99 Å². The zero-order valence-electron chi connectivity index (χ0n) is 16.5. The van der Waals surface area contributed by atoms with E-state index in [-0.39, 0.29) is 35.1 Å². The van der Waals surface area contributed by atoms with Crippen LogP contribution in [0, 0.1) is 17.0 Å². The highest BCUT2D eigenvalue weighted by Gasteiger charge is 2.21. The zero-order valence-corrected chi connectivity index (χ0v) is 19.6. The monoisotopic (exact) mass is 517 g/mol. The molecule has 0 heterocycles. The summed E-state index contributed by atoms with van der Waals surface area (Å²) in [4.78, 5) is 4.50. The van der Waals surface area contributed by atoms with E-state index in [2.05, 4.69) is 15.6 Å². The standard InChI is InChI=1S/C18H29F2N3O2S.HI/c1-6-21-17(22-12-18(3,4)9-10-26(5,24)25)23-13(2)15-8-7-14(19)11-16(15)20;/h7-8,11,13H,6,9-10,12H2,1-5H3,(H2,21,22,23);1H. The van der Waals surface area contributed by atoms with Gasteiger partial charge in [-0.1, -0.05) is 19.9 Å². The maximum Gasteiger partial charge on any atom is 0.191 e. The van der Waals surface area contributed by atoms with E-state index in [1.807, 2.05) is 20.8 Å². The lowest BCUT2D eigenvalue weighted by molar-refractivity contribution is 0.365. The smallest absolute Gasteiger partial charge is 0.191 e. The topological polar surface area (TPSA) is 70.6 Å². The molecule has 0 radical (unpaired) electrons. The molecule has 0 spiro atoms. The van der Waals surface area contributed by atoms with Crippen molar-refractivity contribution in [3.05, 3.63) is 35.4 Å². The Kier molecular flexibility index (Phi) is 10.7. The van der Waals surface area contributed by atoms with Crippen LogP contribution in [0.5, 0.6) is 0 Å². The minimum Gasteiger partial charge on any atom is -0.357 e. The van der Waals surface area contributed by atoms with Crippen LogP contribution < -0.4 is 10.6 Å². The van der Waals surface area contributed by atoms with Crippen LogP contribution >= 0.6 is 24.0 Å². The van der Waals surface area contributed by atoms with E-state index in [1.165, 1.54) is 18.4 Å². The third-order valence-electron chi connectivity index (χ3n) is 3.94. The number of nitrogens with zero attached hydrogens (tertiary/aromatic N) is 1. The Bertz CT molecular complexity index is 740. The van der Waals surface area contributed by atoms with Crippen molar-refractivity contribution in [2.45, 2.75) is 40.2 Å². The molecule has 0 aliphatic rings. The lowest BCUT2D eigenvalue weighted by Crippen LogP contribution is -2.39. The van der Waals surface area contributed by atoms with Gasteiger partial charge in [-0.05, 0) is 31.7 Å². The number of aliphatic imine (C=N–C) groups is 1. The van der Waals surface area contributed by atoms with Gasteiger partial charge in [0.1, 0.15) is 21.5 Å². The summed E-state index contributed by atoms with van der Waals surface area (Å²) in [5, 5.41) is 6.18. The van der Waals surface area contributed by atoms with Gasteiger partial charge in [0, 0.05) is 31.0 Å². The molecule has 0 aliphatic carbocycles. The third kappa shape index (κ3) is 10.2. The Morgan fingerprint density at radius 2 is 1.93 bits per heavy atom. The van der Waals surface area contributed by atoms with E-state index in [0.29, 0.717) is 31.0 Å². The third-order valence-corrected chi connectivity index (χ3v) is 4.89. The van der Waals surface area contributed by atoms with Crippen LogP contribution in [0.2, 0.25) is 0 Å². The summed E-state index contributed by atoms with van der Waals surface area (Å²) >= 11 is 0. The molecule has 0 saturated carbocycles. The first kappa shape index (κ1) is 26.0. The van der Waals surface area contributed by atoms with Gasteiger partial charge in [0.05, 0.1) is 11.8 Å². The molecule has 9 heteroatoms. The molecule has 0 fully saturated rings. The summed E-state index contributed by atoms with van der Waals surface area (Å²) in [7, 11) is -3.02. The lowest BCUT2D eigenvalue weighted by Gasteiger charge is -2.24. The molecule has 1 unspecified atom stereocenters. The predicted octanol–water partition coefficient (Wildman–Crippen LogP) is 3.66. The van der Waals surface area contributed by atoms with E-state index in [9.17, 15) is 17.2 Å². The number of benzene rings is 1. The number of nitrogens with one attached hydrogen (secondary N) is 2. The highest BCUT2D eigenvalue weighted by atomic mass is 127. The first-order chi connectivity index (χ1) is 11.9. The van der Waals surface area contributed by atoms with Gasteiger partial charge in [-0.25, -0.2) is 17.2 Å². The van der Waals surface area contributed by atoms with Crippen molar-refractivity contribution >= 4 is 39.8 Å². The fourth-order valence-corrected chi connectivity index (χ4v) is 3.21. The molecule has 5 nitrogen and oxygen atoms in total. The van der Waals surface area contributed by atoms with Crippen molar-refractivity contribution in [1.82, 2.24) is 10.6 Å². The number of hydrogen-bond donors (Lipinski definition) is 2. The van der Waals surface area contributed by atoms with Gasteiger partial charge in [-0.2, -0.15) is 0 Å². The molecule has 1 atom stereocenters. The minimum absolute atomic E-state index is 0. The molecule has 0 bridgehead atoms. The minimum atomic E-state index is -3.02. The lowest BCUT2D eigenvalue weighted by atomic mass is 9.90. The summed E-state index contributed by atoms with van der Waals surface area (Å²) in [5.41, 5.74) is 0.0452. The molecule has 0 aliphatic heterocycles. The predicted molar refractivity (Wildman–Crippen MR) is 117 cm³/mol. The fourth-order valence-electron chi connectivity index (χ4n) is 2.29. The quantitative estimate of drug-likeness (QED) is 0.314. The van der Waals surface area contributed by atoms with Gasteiger partial charge >= 0.3 is 0 Å². The molecular formula is C18H30F2IN3O2S. The van der Waals surface area contributed by atoms with Crippen molar-refractivity contribution in [3.63, 3.8) is 0 Å². The molecule has 0 saturated heterocycles. The van der Waals surface area contributed by atoms with Crippen molar-refractivity contribution in [2.75, 3.05) is 25.1 Å². The largest absolute Gasteiger partial charge is 0.357 e. The van der Waals surface area contributed by atoms with E-state index < -0.39 is 27.5 Å². The maximum absolute atomic E-state index is 13.9. The SMILES string of the molecule is CCNC(=NCC(C)(C)CCS(C)(=O)=O)NC(C)c1ccc(F)cc1F.I. The number of sulfone groups is 1. The molecule has 1 aromatic rings. The van der Waals surface area contributed by atoms with E-state index in [4.69, 9.17) is 0 Å². The van der Waals surface area contributed by atoms with Crippen LogP contribution in [-0.2, 0) is 9.84 Å². The summed E-state index contributed by atoms with van der Waals surface area (Å²) < 4.78 is 49.7. The second-order valence-corrected chi connectivity index (χ2v) is 9.53. The summed E-state index contributed by atoms with van der Waals surface area (Å²) in [6.45, 7) is 8.61. The number of guanidine groups is 1. The molecule has 156 valence electrons. The normalized spacial score (nSPS) is 13.7. The van der Waals surface area contributed by atoms with Gasteiger partial charge in [-0.15, -0.1) is 24.0 Å². The Morgan fingerprint density at radius 1 is 1.30 bits per heavy atom. The van der Waals surface area contributed by atoms with Crippen molar-refractivity contribution < 1.29 is 17.2 Å². The number of halogens is 3. The molecule has 0 amide bonds. The molecule has 1 rings (SSSR count). The first-order valence-corrected chi connectivity index (χ1v) is 10.7. The second-order valence-electron chi connectivity index (χ2n) is 7.27. The van der Waals surface area contributed by atoms with Crippen LogP contribution in [0.25, 0.3) is 0 Å². The van der Waals surface area contributed by atoms with Gasteiger partial charge < -0.3 is 10.6 Å². The van der Waals surface area contributed by atoms with Gasteiger partial charge in [0.15, 0.2) is 5.96 Å². The van der Waals surface area contributed by atoms with Gasteiger partial charge in [0.25, 0.3) is 0 Å². The van der Waals surface area contributed by atoms with Crippen LogP contribution in [0.3, 0.4) is 0 Å². The Morgan fingerprint density at radius 3 is 2.44 bits per heavy atom. The van der Waals surface area contributed by atoms with Crippen molar-refractivity contribution in [1.29, 1.82) is 0 Å². The van der Waals surface area contributed by atoms with Gasteiger partial charge in [0.2, 0.25) is 0 Å². The van der Waals surface area contributed by atoms with Crippen LogP contribution in [0.15, 0.2) is 23.2 Å². The maximum atomic E-state index is 13.9. The van der Waals surface area contributed by atoms with E-state index >= 15 is 0 Å². The molecule has 1 aromatic carbocycles. The first-order valence-electron chi connectivity index (χ1n) is 8.61.